The van der Waals surface area contributed by atoms with E-state index in [2.05, 4.69) is 4.98 Å². The van der Waals surface area contributed by atoms with E-state index < -0.39 is 17.6 Å². The Morgan fingerprint density at radius 1 is 1.25 bits per heavy atom. The fourth-order valence-corrected chi connectivity index (χ4v) is 1.78. The first-order chi connectivity index (χ1) is 9.31. The summed E-state index contributed by atoms with van der Waals surface area (Å²) in [6.45, 7) is 1.70. The highest BCUT2D eigenvalue weighted by atomic mass is 19.4. The number of hydrogen-bond donors (Lipinski definition) is 1. The predicted octanol–water partition coefficient (Wildman–Crippen LogP) is 2.77. The van der Waals surface area contributed by atoms with Gasteiger partial charge in [-0.2, -0.15) is 13.2 Å². The van der Waals surface area contributed by atoms with Crippen LogP contribution in [0.4, 0.5) is 13.2 Å². The van der Waals surface area contributed by atoms with Crippen molar-refractivity contribution in [1.82, 2.24) is 9.97 Å². The third-order valence-corrected chi connectivity index (χ3v) is 2.72. The number of alkyl halides is 3. The summed E-state index contributed by atoms with van der Waals surface area (Å²) >= 11 is 0. The highest BCUT2D eigenvalue weighted by Crippen LogP contribution is 2.29. The van der Waals surface area contributed by atoms with Gasteiger partial charge in [-0.15, -0.1) is 0 Å². The second-order valence-electron chi connectivity index (χ2n) is 4.16. The van der Waals surface area contributed by atoms with Crippen LogP contribution in [0.2, 0.25) is 0 Å². The van der Waals surface area contributed by atoms with Crippen molar-refractivity contribution < 1.29 is 17.9 Å². The van der Waals surface area contributed by atoms with Crippen molar-refractivity contribution in [2.45, 2.75) is 13.1 Å². The SMILES string of the molecule is COc1ccc(-c2cc(=O)[nH]c(C(F)(F)F)n2)c(C)c1. The largest absolute Gasteiger partial charge is 0.497 e. The number of nitrogens with zero attached hydrogens (tertiary/aromatic N) is 1. The minimum Gasteiger partial charge on any atom is -0.497 e. The van der Waals surface area contributed by atoms with E-state index in [0.29, 0.717) is 16.9 Å². The van der Waals surface area contributed by atoms with Crippen molar-refractivity contribution in [2.24, 2.45) is 0 Å². The second kappa shape index (κ2) is 4.99. The maximum Gasteiger partial charge on any atom is 0.449 e. The average Bonchev–Trinajstić information content (AvgIpc) is 2.36. The first kappa shape index (κ1) is 14.1. The summed E-state index contributed by atoms with van der Waals surface area (Å²) < 4.78 is 42.9. The van der Waals surface area contributed by atoms with Gasteiger partial charge in [0.05, 0.1) is 12.8 Å². The monoisotopic (exact) mass is 284 g/mol. The maximum absolute atomic E-state index is 12.6. The number of benzene rings is 1. The molecule has 0 fully saturated rings. The molecule has 0 aliphatic rings. The number of aromatic nitrogens is 2. The molecule has 0 atom stereocenters. The zero-order valence-electron chi connectivity index (χ0n) is 10.7. The quantitative estimate of drug-likeness (QED) is 0.922. The lowest BCUT2D eigenvalue weighted by atomic mass is 10.1. The van der Waals surface area contributed by atoms with Crippen molar-refractivity contribution in [3.8, 4) is 17.0 Å². The van der Waals surface area contributed by atoms with Gasteiger partial charge in [0.2, 0.25) is 5.82 Å². The number of ether oxygens (including phenoxy) is 1. The molecule has 0 saturated heterocycles. The molecule has 1 N–H and O–H groups in total. The van der Waals surface area contributed by atoms with Crippen LogP contribution in [0.15, 0.2) is 29.1 Å². The Labute approximate surface area is 112 Å². The molecule has 0 radical (unpaired) electrons. The van der Waals surface area contributed by atoms with E-state index in [4.69, 9.17) is 4.74 Å². The second-order valence-corrected chi connectivity index (χ2v) is 4.16. The predicted molar refractivity (Wildman–Crippen MR) is 66.6 cm³/mol. The van der Waals surface area contributed by atoms with Crippen LogP contribution in [0.1, 0.15) is 11.4 Å². The number of H-pyrrole nitrogens is 1. The molecule has 0 unspecified atom stereocenters. The number of nitrogens with one attached hydrogen (secondary N) is 1. The summed E-state index contributed by atoms with van der Waals surface area (Å²) in [5.74, 6) is -0.734. The van der Waals surface area contributed by atoms with Crippen LogP contribution in [0.5, 0.6) is 5.75 Å². The number of aromatic amines is 1. The molecule has 20 heavy (non-hydrogen) atoms. The molecule has 0 saturated carbocycles. The lowest BCUT2D eigenvalue weighted by Gasteiger charge is -2.10. The maximum atomic E-state index is 12.6. The molecule has 2 aromatic rings. The summed E-state index contributed by atoms with van der Waals surface area (Å²) in [4.78, 5) is 16.5. The summed E-state index contributed by atoms with van der Waals surface area (Å²) in [7, 11) is 1.49. The van der Waals surface area contributed by atoms with E-state index in [0.717, 1.165) is 6.07 Å². The highest BCUT2D eigenvalue weighted by Gasteiger charge is 2.34. The van der Waals surface area contributed by atoms with Crippen molar-refractivity contribution in [3.05, 3.63) is 46.0 Å². The summed E-state index contributed by atoms with van der Waals surface area (Å²) in [6.07, 6.45) is -4.70. The molecule has 0 amide bonds. The number of aryl methyl sites for hydroxylation is 1. The van der Waals surface area contributed by atoms with E-state index in [1.807, 2.05) is 0 Å². The first-order valence-corrected chi connectivity index (χ1v) is 5.65. The van der Waals surface area contributed by atoms with E-state index in [1.165, 1.54) is 7.11 Å². The van der Waals surface area contributed by atoms with Crippen molar-refractivity contribution >= 4 is 0 Å². The minimum atomic E-state index is -4.70. The lowest BCUT2D eigenvalue weighted by Crippen LogP contribution is -2.19. The number of methoxy groups -OCH3 is 1. The summed E-state index contributed by atoms with van der Waals surface area (Å²) in [5, 5.41) is 0. The standard InChI is InChI=1S/C13H11F3N2O2/c1-7-5-8(20-2)3-4-9(7)10-6-11(19)18-12(17-10)13(14,15)16/h3-6H,1-2H3,(H,17,18,19). The van der Waals surface area contributed by atoms with E-state index in [9.17, 15) is 18.0 Å². The van der Waals surface area contributed by atoms with Gasteiger partial charge in [0.25, 0.3) is 5.56 Å². The Hall–Kier alpha value is -2.31. The van der Waals surface area contributed by atoms with Crippen LogP contribution in [-0.2, 0) is 6.18 Å². The van der Waals surface area contributed by atoms with Gasteiger partial charge in [-0.25, -0.2) is 4.98 Å². The average molecular weight is 284 g/mol. The number of halogens is 3. The molecule has 0 aliphatic carbocycles. The van der Waals surface area contributed by atoms with Crippen LogP contribution < -0.4 is 10.3 Å². The third-order valence-electron chi connectivity index (χ3n) is 2.72. The number of rotatable bonds is 2. The Bertz CT molecular complexity index is 693. The van der Waals surface area contributed by atoms with Gasteiger partial charge in [-0.1, -0.05) is 0 Å². The molecule has 106 valence electrons. The van der Waals surface area contributed by atoms with Crippen molar-refractivity contribution in [2.75, 3.05) is 7.11 Å². The fourth-order valence-electron chi connectivity index (χ4n) is 1.78. The highest BCUT2D eigenvalue weighted by molar-refractivity contribution is 5.64. The number of hydrogen-bond acceptors (Lipinski definition) is 3. The molecule has 4 nitrogen and oxygen atoms in total. The molecular formula is C13H11F3N2O2. The lowest BCUT2D eigenvalue weighted by molar-refractivity contribution is -0.145. The third kappa shape index (κ3) is 2.81. The van der Waals surface area contributed by atoms with Crippen LogP contribution in [0, 0.1) is 6.92 Å². The normalized spacial score (nSPS) is 11.4. The molecule has 2 rings (SSSR count). The van der Waals surface area contributed by atoms with Gasteiger partial charge < -0.3 is 9.72 Å². The van der Waals surface area contributed by atoms with Crippen LogP contribution in [0.3, 0.4) is 0 Å². The Morgan fingerprint density at radius 3 is 2.50 bits per heavy atom. The summed E-state index contributed by atoms with van der Waals surface area (Å²) in [5.41, 5.74) is 0.233. The van der Waals surface area contributed by atoms with Gasteiger partial charge in [0, 0.05) is 11.6 Å². The zero-order chi connectivity index (χ0) is 14.9. The Kier molecular flexibility index (Phi) is 3.52. The Balaban J connectivity index is 2.59. The first-order valence-electron chi connectivity index (χ1n) is 5.65. The van der Waals surface area contributed by atoms with Crippen LogP contribution in [0.25, 0.3) is 11.3 Å². The molecule has 0 aliphatic heterocycles. The minimum absolute atomic E-state index is 0.0266. The van der Waals surface area contributed by atoms with Crippen LogP contribution >= 0.6 is 0 Å². The molecule has 1 aromatic carbocycles. The van der Waals surface area contributed by atoms with E-state index in [-0.39, 0.29) is 5.69 Å². The molecule has 1 aromatic heterocycles. The topological polar surface area (TPSA) is 55.0 Å². The molecular weight excluding hydrogens is 273 g/mol. The summed E-state index contributed by atoms with van der Waals surface area (Å²) in [6, 6.07) is 5.85. The van der Waals surface area contributed by atoms with Gasteiger partial charge in [-0.3, -0.25) is 4.79 Å². The van der Waals surface area contributed by atoms with Gasteiger partial charge in [0.1, 0.15) is 5.75 Å². The molecule has 0 spiro atoms. The fraction of sp³-hybridized carbons (Fsp3) is 0.231. The smallest absolute Gasteiger partial charge is 0.449 e. The molecule has 7 heteroatoms. The van der Waals surface area contributed by atoms with Crippen molar-refractivity contribution in [1.29, 1.82) is 0 Å². The van der Waals surface area contributed by atoms with Crippen molar-refractivity contribution in [3.63, 3.8) is 0 Å². The van der Waals surface area contributed by atoms with Crippen LogP contribution in [-0.4, -0.2) is 17.1 Å². The van der Waals surface area contributed by atoms with Gasteiger partial charge in [0.15, 0.2) is 0 Å². The van der Waals surface area contributed by atoms with E-state index >= 15 is 0 Å². The van der Waals surface area contributed by atoms with E-state index in [1.54, 1.807) is 30.1 Å². The van der Waals surface area contributed by atoms with Gasteiger partial charge in [-0.05, 0) is 30.7 Å². The van der Waals surface area contributed by atoms with Gasteiger partial charge >= 0.3 is 6.18 Å². The zero-order valence-corrected chi connectivity index (χ0v) is 10.7. The molecule has 0 bridgehead atoms. The Morgan fingerprint density at radius 2 is 1.95 bits per heavy atom. The molecule has 1 heterocycles.